The lowest BCUT2D eigenvalue weighted by Crippen LogP contribution is -2.03. The van der Waals surface area contributed by atoms with Crippen LogP contribution >= 0.6 is 11.3 Å². The van der Waals surface area contributed by atoms with E-state index in [1.165, 1.54) is 29.8 Å². The van der Waals surface area contributed by atoms with Gasteiger partial charge in [0.1, 0.15) is 16.0 Å². The zero-order chi connectivity index (χ0) is 18.0. The lowest BCUT2D eigenvalue weighted by atomic mass is 10.2. The normalized spacial score (nSPS) is 10.6. The first-order chi connectivity index (χ1) is 12.0. The number of nitro groups is 1. The summed E-state index contributed by atoms with van der Waals surface area (Å²) < 4.78 is 10.7. The smallest absolute Gasteiger partial charge is 0.348 e. The Morgan fingerprint density at radius 2 is 2.08 bits per heavy atom. The number of para-hydroxylation sites is 2. The topological polar surface area (TPSA) is 104 Å². The monoisotopic (exact) mass is 359 g/mol. The van der Waals surface area contributed by atoms with E-state index in [1.807, 2.05) is 0 Å². The first kappa shape index (κ1) is 16.8. The third kappa shape index (κ3) is 3.13. The molecule has 0 atom stereocenters. The Labute approximate surface area is 146 Å². The van der Waals surface area contributed by atoms with E-state index in [2.05, 4.69) is 9.97 Å². The maximum absolute atomic E-state index is 12.1. The summed E-state index contributed by atoms with van der Waals surface area (Å²) in [5.41, 5.74) is 0.445. The fourth-order valence-electron chi connectivity index (χ4n) is 2.31. The van der Waals surface area contributed by atoms with Crippen LogP contribution in [0.4, 0.5) is 5.69 Å². The number of carbonyl (C=O) groups is 1. The number of carbonyl (C=O) groups excluding carboxylic acids is 1. The minimum Gasteiger partial charge on any atom is -0.462 e. The van der Waals surface area contributed by atoms with Crippen LogP contribution in [0.1, 0.15) is 22.2 Å². The number of rotatable bonds is 5. The molecule has 0 radical (unpaired) electrons. The van der Waals surface area contributed by atoms with Crippen molar-refractivity contribution in [3.05, 3.63) is 51.1 Å². The van der Waals surface area contributed by atoms with Gasteiger partial charge in [-0.3, -0.25) is 10.1 Å². The van der Waals surface area contributed by atoms with Gasteiger partial charge in [-0.1, -0.05) is 12.1 Å². The number of esters is 1. The van der Waals surface area contributed by atoms with Crippen LogP contribution in [0.25, 0.3) is 10.2 Å². The highest BCUT2D eigenvalue weighted by Crippen LogP contribution is 2.38. The van der Waals surface area contributed by atoms with Crippen molar-refractivity contribution in [2.75, 3.05) is 6.61 Å². The van der Waals surface area contributed by atoms with Crippen LogP contribution in [-0.2, 0) is 4.74 Å². The third-order valence-corrected chi connectivity index (χ3v) is 4.60. The van der Waals surface area contributed by atoms with E-state index in [-0.39, 0.29) is 23.9 Å². The standard InChI is InChI=1S/C16H13N3O5S/c1-3-23-16(20)13-9(2)12-14(17-8-18-15(12)25-13)24-11-7-5-4-6-10(11)19(21)22/h4-8H,3H2,1-2H3. The third-order valence-electron chi connectivity index (χ3n) is 3.42. The molecule has 1 aromatic carbocycles. The van der Waals surface area contributed by atoms with E-state index >= 15 is 0 Å². The number of ether oxygens (including phenoxy) is 2. The van der Waals surface area contributed by atoms with Gasteiger partial charge in [0.2, 0.25) is 11.6 Å². The van der Waals surface area contributed by atoms with Gasteiger partial charge in [0, 0.05) is 6.07 Å². The maximum Gasteiger partial charge on any atom is 0.348 e. The van der Waals surface area contributed by atoms with E-state index in [4.69, 9.17) is 9.47 Å². The summed E-state index contributed by atoms with van der Waals surface area (Å²) in [5, 5.41) is 11.7. The molecule has 0 aliphatic carbocycles. The van der Waals surface area contributed by atoms with Crippen LogP contribution in [0, 0.1) is 17.0 Å². The Hall–Kier alpha value is -3.07. The average Bonchev–Trinajstić information content (AvgIpc) is 2.93. The van der Waals surface area contributed by atoms with Crippen molar-refractivity contribution in [3.8, 4) is 11.6 Å². The molecule has 0 amide bonds. The fourth-order valence-corrected chi connectivity index (χ4v) is 3.34. The molecule has 0 aliphatic rings. The van der Waals surface area contributed by atoms with Crippen LogP contribution in [0.2, 0.25) is 0 Å². The first-order valence-electron chi connectivity index (χ1n) is 7.35. The number of nitrogens with zero attached hydrogens (tertiary/aromatic N) is 3. The van der Waals surface area contributed by atoms with Crippen LogP contribution in [0.5, 0.6) is 11.6 Å². The Bertz CT molecular complexity index is 970. The summed E-state index contributed by atoms with van der Waals surface area (Å²) >= 11 is 1.17. The van der Waals surface area contributed by atoms with Gasteiger partial charge in [0.15, 0.2) is 0 Å². The SMILES string of the molecule is CCOC(=O)c1sc2ncnc(Oc3ccccc3[N+](=O)[O-])c2c1C. The summed E-state index contributed by atoms with van der Waals surface area (Å²) in [7, 11) is 0. The second-order valence-corrected chi connectivity index (χ2v) is 5.96. The molecular formula is C16H13N3O5S. The predicted molar refractivity (Wildman–Crippen MR) is 91.3 cm³/mol. The molecule has 0 fully saturated rings. The molecule has 2 aromatic heterocycles. The van der Waals surface area contributed by atoms with Crippen molar-refractivity contribution in [2.45, 2.75) is 13.8 Å². The molecule has 9 heteroatoms. The van der Waals surface area contributed by atoms with Gasteiger partial charge in [-0.2, -0.15) is 0 Å². The van der Waals surface area contributed by atoms with Crippen molar-refractivity contribution < 1.29 is 19.2 Å². The van der Waals surface area contributed by atoms with E-state index in [9.17, 15) is 14.9 Å². The molecule has 0 spiro atoms. The number of aryl methyl sites for hydroxylation is 1. The molecule has 0 N–H and O–H groups in total. The zero-order valence-corrected chi connectivity index (χ0v) is 14.2. The van der Waals surface area contributed by atoms with E-state index < -0.39 is 10.9 Å². The number of fused-ring (bicyclic) bond motifs is 1. The van der Waals surface area contributed by atoms with Gasteiger partial charge in [0.25, 0.3) is 0 Å². The lowest BCUT2D eigenvalue weighted by Gasteiger charge is -2.06. The van der Waals surface area contributed by atoms with Crippen molar-refractivity contribution >= 4 is 33.2 Å². The summed E-state index contributed by atoms with van der Waals surface area (Å²) in [5.74, 6) is -0.223. The number of thiophene rings is 1. The van der Waals surface area contributed by atoms with Gasteiger partial charge in [-0.15, -0.1) is 11.3 Å². The van der Waals surface area contributed by atoms with Gasteiger partial charge in [-0.05, 0) is 25.5 Å². The van der Waals surface area contributed by atoms with Crippen LogP contribution < -0.4 is 4.74 Å². The number of nitro benzene ring substituents is 1. The van der Waals surface area contributed by atoms with Crippen LogP contribution in [-0.4, -0.2) is 27.5 Å². The molecule has 25 heavy (non-hydrogen) atoms. The Kier molecular flexibility index (Phi) is 4.57. The van der Waals surface area contributed by atoms with Gasteiger partial charge in [-0.25, -0.2) is 14.8 Å². The van der Waals surface area contributed by atoms with Crippen molar-refractivity contribution in [1.29, 1.82) is 0 Å². The minimum absolute atomic E-state index is 0.0655. The lowest BCUT2D eigenvalue weighted by molar-refractivity contribution is -0.385. The molecule has 0 aliphatic heterocycles. The quantitative estimate of drug-likeness (QED) is 0.387. The van der Waals surface area contributed by atoms with E-state index in [0.29, 0.717) is 20.7 Å². The number of aromatic nitrogens is 2. The fraction of sp³-hybridized carbons (Fsp3) is 0.188. The van der Waals surface area contributed by atoms with Crippen LogP contribution in [0.3, 0.4) is 0 Å². The number of hydrogen-bond acceptors (Lipinski definition) is 8. The second-order valence-electron chi connectivity index (χ2n) is 4.96. The Morgan fingerprint density at radius 3 is 2.80 bits per heavy atom. The van der Waals surface area contributed by atoms with E-state index in [0.717, 1.165) is 0 Å². The Balaban J connectivity index is 2.09. The molecule has 2 heterocycles. The van der Waals surface area contributed by atoms with Gasteiger partial charge >= 0.3 is 11.7 Å². The van der Waals surface area contributed by atoms with Gasteiger partial charge < -0.3 is 9.47 Å². The van der Waals surface area contributed by atoms with Crippen molar-refractivity contribution in [1.82, 2.24) is 9.97 Å². The highest BCUT2D eigenvalue weighted by atomic mass is 32.1. The molecule has 8 nitrogen and oxygen atoms in total. The summed E-state index contributed by atoms with van der Waals surface area (Å²) in [4.78, 5) is 31.9. The highest BCUT2D eigenvalue weighted by Gasteiger charge is 2.23. The average molecular weight is 359 g/mol. The summed E-state index contributed by atoms with van der Waals surface area (Å²) in [6.45, 7) is 3.72. The molecule has 0 saturated carbocycles. The maximum atomic E-state index is 12.1. The van der Waals surface area contributed by atoms with Crippen molar-refractivity contribution in [3.63, 3.8) is 0 Å². The molecule has 0 unspecified atom stereocenters. The number of benzene rings is 1. The summed E-state index contributed by atoms with van der Waals surface area (Å²) in [6, 6.07) is 6.01. The molecular weight excluding hydrogens is 346 g/mol. The molecule has 0 saturated heterocycles. The Morgan fingerprint density at radius 1 is 1.32 bits per heavy atom. The number of hydrogen-bond donors (Lipinski definition) is 0. The first-order valence-corrected chi connectivity index (χ1v) is 8.17. The summed E-state index contributed by atoms with van der Waals surface area (Å²) in [6.07, 6.45) is 1.29. The largest absolute Gasteiger partial charge is 0.462 e. The molecule has 128 valence electrons. The zero-order valence-electron chi connectivity index (χ0n) is 13.4. The van der Waals surface area contributed by atoms with Crippen LogP contribution in [0.15, 0.2) is 30.6 Å². The predicted octanol–water partition coefficient (Wildman–Crippen LogP) is 3.88. The second kappa shape index (κ2) is 6.81. The molecule has 0 bridgehead atoms. The van der Waals surface area contributed by atoms with E-state index in [1.54, 1.807) is 26.0 Å². The molecule has 3 rings (SSSR count). The van der Waals surface area contributed by atoms with Crippen molar-refractivity contribution in [2.24, 2.45) is 0 Å². The molecule has 3 aromatic rings. The minimum atomic E-state index is -0.530. The van der Waals surface area contributed by atoms with Gasteiger partial charge in [0.05, 0.1) is 16.9 Å². The highest BCUT2D eigenvalue weighted by molar-refractivity contribution is 7.20.